The molecule has 1 aromatic heterocycles. The summed E-state index contributed by atoms with van der Waals surface area (Å²) in [4.78, 5) is 15.1. The minimum absolute atomic E-state index is 0.00648. The fourth-order valence-electron chi connectivity index (χ4n) is 4.83. The van der Waals surface area contributed by atoms with Gasteiger partial charge in [0, 0.05) is 17.8 Å². The number of rotatable bonds is 6. The monoisotopic (exact) mass is 356 g/mol. The zero-order chi connectivity index (χ0) is 18.7. The van der Waals surface area contributed by atoms with E-state index in [4.69, 9.17) is 0 Å². The van der Waals surface area contributed by atoms with E-state index in [1.807, 2.05) is 6.92 Å². The van der Waals surface area contributed by atoms with Crippen LogP contribution in [0.3, 0.4) is 0 Å². The predicted octanol–water partition coefficient (Wildman–Crippen LogP) is 4.29. The Morgan fingerprint density at radius 3 is 2.38 bits per heavy atom. The van der Waals surface area contributed by atoms with E-state index < -0.39 is 0 Å². The molecule has 0 saturated heterocycles. The van der Waals surface area contributed by atoms with Crippen LogP contribution < -0.4 is 5.32 Å². The Balaban J connectivity index is 1.80. The van der Waals surface area contributed by atoms with Crippen molar-refractivity contribution in [2.75, 3.05) is 18.4 Å². The highest BCUT2D eigenvalue weighted by atomic mass is 16.2. The van der Waals surface area contributed by atoms with Gasteiger partial charge in [-0.2, -0.15) is 5.26 Å². The first-order valence-electron chi connectivity index (χ1n) is 10.2. The Hall–Kier alpha value is -1.80. The van der Waals surface area contributed by atoms with Gasteiger partial charge in [0.1, 0.15) is 11.9 Å². The molecule has 1 amide bonds. The van der Waals surface area contributed by atoms with Crippen LogP contribution in [0.15, 0.2) is 0 Å². The third-order valence-electron chi connectivity index (χ3n) is 6.41. The van der Waals surface area contributed by atoms with Crippen molar-refractivity contribution in [3.05, 3.63) is 16.8 Å². The first-order valence-corrected chi connectivity index (χ1v) is 10.2. The lowest BCUT2D eigenvalue weighted by molar-refractivity contribution is -0.117. The van der Waals surface area contributed by atoms with E-state index in [0.29, 0.717) is 24.2 Å². The summed E-state index contributed by atoms with van der Waals surface area (Å²) in [5.74, 6) is 0.730. The summed E-state index contributed by atoms with van der Waals surface area (Å²) in [5.41, 5.74) is 2.75. The molecule has 1 heterocycles. The van der Waals surface area contributed by atoms with Gasteiger partial charge in [-0.15, -0.1) is 0 Å². The van der Waals surface area contributed by atoms with Gasteiger partial charge in [-0.1, -0.05) is 32.6 Å². The smallest absolute Gasteiger partial charge is 0.239 e. The Kier molecular flexibility index (Phi) is 6.03. The molecular formula is C21H32N4O. The Labute approximate surface area is 157 Å². The average molecular weight is 357 g/mol. The molecule has 0 aliphatic heterocycles. The third kappa shape index (κ3) is 3.66. The minimum Gasteiger partial charge on any atom is -0.327 e. The van der Waals surface area contributed by atoms with E-state index in [9.17, 15) is 10.1 Å². The zero-order valence-corrected chi connectivity index (χ0v) is 16.5. The van der Waals surface area contributed by atoms with Crippen LogP contribution >= 0.6 is 0 Å². The molecule has 2 fully saturated rings. The Morgan fingerprint density at radius 1 is 1.19 bits per heavy atom. The molecule has 3 rings (SSSR count). The van der Waals surface area contributed by atoms with Crippen molar-refractivity contribution in [1.82, 2.24) is 9.47 Å². The average Bonchev–Trinajstić information content (AvgIpc) is 3.36. The molecule has 5 heteroatoms. The summed E-state index contributed by atoms with van der Waals surface area (Å²) in [6.07, 6.45) is 9.64. The summed E-state index contributed by atoms with van der Waals surface area (Å²) in [5, 5.41) is 12.8. The summed E-state index contributed by atoms with van der Waals surface area (Å²) < 4.78 is 2.23. The second-order valence-electron chi connectivity index (χ2n) is 7.90. The molecule has 0 aromatic carbocycles. The zero-order valence-electron chi connectivity index (χ0n) is 16.5. The van der Waals surface area contributed by atoms with E-state index in [0.717, 1.165) is 36.5 Å². The lowest BCUT2D eigenvalue weighted by Gasteiger charge is -2.27. The maximum atomic E-state index is 12.8. The van der Waals surface area contributed by atoms with Crippen LogP contribution in [0.2, 0.25) is 0 Å². The number of carbonyl (C=O) groups is 1. The van der Waals surface area contributed by atoms with Crippen molar-refractivity contribution < 1.29 is 4.79 Å². The third-order valence-corrected chi connectivity index (χ3v) is 6.41. The molecule has 0 atom stereocenters. The van der Waals surface area contributed by atoms with Crippen LogP contribution in [-0.2, 0) is 4.79 Å². The molecule has 1 aromatic rings. The molecule has 142 valence electrons. The highest BCUT2D eigenvalue weighted by Gasteiger charge is 2.28. The molecule has 2 aliphatic carbocycles. The standard InChI is InChI=1S/C21H32N4O/c1-4-24(17-9-5-6-10-17)14-20(26)23-21-19(13-22)15(2)16(3)25(21)18-11-7-8-12-18/h17-18H,4-12,14H2,1-3H3,(H,23,26). The maximum Gasteiger partial charge on any atom is 0.239 e. The molecule has 0 bridgehead atoms. The lowest BCUT2D eigenvalue weighted by atomic mass is 10.2. The van der Waals surface area contributed by atoms with Crippen molar-refractivity contribution in [2.24, 2.45) is 0 Å². The highest BCUT2D eigenvalue weighted by molar-refractivity contribution is 5.93. The van der Waals surface area contributed by atoms with Gasteiger partial charge in [0.15, 0.2) is 0 Å². The summed E-state index contributed by atoms with van der Waals surface area (Å²) in [7, 11) is 0. The molecular weight excluding hydrogens is 324 g/mol. The minimum atomic E-state index is 0.00648. The van der Waals surface area contributed by atoms with Crippen LogP contribution in [0.4, 0.5) is 5.82 Å². The van der Waals surface area contributed by atoms with E-state index >= 15 is 0 Å². The normalized spacial score (nSPS) is 18.6. The number of nitriles is 1. The Bertz CT molecular complexity index is 688. The largest absolute Gasteiger partial charge is 0.327 e. The molecule has 26 heavy (non-hydrogen) atoms. The number of aromatic nitrogens is 1. The van der Waals surface area contributed by atoms with Crippen molar-refractivity contribution in [2.45, 2.75) is 84.2 Å². The van der Waals surface area contributed by atoms with Gasteiger partial charge in [-0.25, -0.2) is 0 Å². The van der Waals surface area contributed by atoms with Gasteiger partial charge < -0.3 is 9.88 Å². The van der Waals surface area contributed by atoms with Crippen molar-refractivity contribution in [3.63, 3.8) is 0 Å². The van der Waals surface area contributed by atoms with E-state index in [1.54, 1.807) is 0 Å². The van der Waals surface area contributed by atoms with Crippen LogP contribution in [0.25, 0.3) is 0 Å². The number of amides is 1. The maximum absolute atomic E-state index is 12.8. The van der Waals surface area contributed by atoms with Gasteiger partial charge in [0.2, 0.25) is 5.91 Å². The molecule has 0 spiro atoms. The number of carbonyl (C=O) groups excluding carboxylic acids is 1. The second-order valence-corrected chi connectivity index (χ2v) is 7.90. The fourth-order valence-corrected chi connectivity index (χ4v) is 4.83. The number of nitrogens with zero attached hydrogens (tertiary/aromatic N) is 3. The second kappa shape index (κ2) is 8.26. The van der Waals surface area contributed by atoms with Crippen LogP contribution in [0.5, 0.6) is 0 Å². The first-order chi connectivity index (χ1) is 12.6. The molecule has 5 nitrogen and oxygen atoms in total. The summed E-state index contributed by atoms with van der Waals surface area (Å²) in [6, 6.07) is 3.27. The summed E-state index contributed by atoms with van der Waals surface area (Å²) in [6.45, 7) is 7.50. The first kappa shape index (κ1) is 19.0. The van der Waals surface area contributed by atoms with Gasteiger partial charge in [-0.05, 0) is 51.6 Å². The number of hydrogen-bond acceptors (Lipinski definition) is 3. The number of likely N-dealkylation sites (N-methyl/N-ethyl adjacent to an activating group) is 1. The van der Waals surface area contributed by atoms with Gasteiger partial charge in [-0.3, -0.25) is 9.69 Å². The van der Waals surface area contributed by atoms with Crippen LogP contribution in [0, 0.1) is 25.2 Å². The van der Waals surface area contributed by atoms with Crippen LogP contribution in [-0.4, -0.2) is 34.5 Å². The Morgan fingerprint density at radius 2 is 1.81 bits per heavy atom. The SMILES string of the molecule is CCN(CC(=O)Nc1c(C#N)c(C)c(C)n1C1CCCC1)C1CCCC1. The summed E-state index contributed by atoms with van der Waals surface area (Å²) >= 11 is 0. The van der Waals surface area contributed by atoms with Gasteiger partial charge in [0.25, 0.3) is 0 Å². The number of hydrogen-bond donors (Lipinski definition) is 1. The quantitative estimate of drug-likeness (QED) is 0.827. The van der Waals surface area contributed by atoms with Crippen molar-refractivity contribution in [3.8, 4) is 6.07 Å². The van der Waals surface area contributed by atoms with Crippen molar-refractivity contribution in [1.29, 1.82) is 5.26 Å². The molecule has 2 aliphatic rings. The fraction of sp³-hybridized carbons (Fsp3) is 0.714. The van der Waals surface area contributed by atoms with Gasteiger partial charge in [0.05, 0.1) is 12.1 Å². The molecule has 1 N–H and O–H groups in total. The van der Waals surface area contributed by atoms with E-state index in [1.165, 1.54) is 38.5 Å². The van der Waals surface area contributed by atoms with Crippen molar-refractivity contribution >= 4 is 11.7 Å². The topological polar surface area (TPSA) is 61.1 Å². The van der Waals surface area contributed by atoms with Crippen LogP contribution in [0.1, 0.15) is 81.2 Å². The number of anilines is 1. The number of nitrogens with one attached hydrogen (secondary N) is 1. The molecule has 0 radical (unpaired) electrons. The van der Waals surface area contributed by atoms with Gasteiger partial charge >= 0.3 is 0 Å². The highest BCUT2D eigenvalue weighted by Crippen LogP contribution is 2.37. The van der Waals surface area contributed by atoms with E-state index in [2.05, 4.69) is 34.7 Å². The molecule has 0 unspecified atom stereocenters. The lowest BCUT2D eigenvalue weighted by Crippen LogP contribution is -2.39. The predicted molar refractivity (Wildman–Crippen MR) is 104 cm³/mol. The molecule has 2 saturated carbocycles. The van der Waals surface area contributed by atoms with E-state index in [-0.39, 0.29) is 5.91 Å².